The van der Waals surface area contributed by atoms with Gasteiger partial charge in [-0.05, 0) is 26.2 Å². The third kappa shape index (κ3) is 2.35. The van der Waals surface area contributed by atoms with Crippen LogP contribution in [0.15, 0.2) is 0 Å². The van der Waals surface area contributed by atoms with Crippen molar-refractivity contribution in [2.45, 2.75) is 33.1 Å². The van der Waals surface area contributed by atoms with Crippen molar-refractivity contribution in [1.82, 2.24) is 9.88 Å². The number of amides is 2. The zero-order valence-corrected chi connectivity index (χ0v) is 10.6. The number of carbonyl (C=O) groups is 1. The predicted molar refractivity (Wildman–Crippen MR) is 66.1 cm³/mol. The molecular weight excluding hydrogens is 222 g/mol. The summed E-state index contributed by atoms with van der Waals surface area (Å²) >= 11 is 1.56. The number of rotatable bonds is 2. The summed E-state index contributed by atoms with van der Waals surface area (Å²) in [6, 6.07) is -0.00565. The second-order valence-electron chi connectivity index (χ2n) is 4.00. The molecule has 0 atom stereocenters. The van der Waals surface area contributed by atoms with Crippen LogP contribution < -0.4 is 5.32 Å². The first-order valence-electron chi connectivity index (χ1n) is 5.73. The fraction of sp³-hybridized carbons (Fsp3) is 0.636. The smallest absolute Gasteiger partial charge is 0.323 e. The van der Waals surface area contributed by atoms with Crippen LogP contribution in [0.25, 0.3) is 0 Å². The van der Waals surface area contributed by atoms with Gasteiger partial charge in [0.05, 0.1) is 5.69 Å². The van der Waals surface area contributed by atoms with Gasteiger partial charge in [0.2, 0.25) is 0 Å². The van der Waals surface area contributed by atoms with Crippen molar-refractivity contribution in [2.75, 3.05) is 18.4 Å². The van der Waals surface area contributed by atoms with Gasteiger partial charge in [0, 0.05) is 18.0 Å². The van der Waals surface area contributed by atoms with Crippen LogP contribution in [0.3, 0.4) is 0 Å². The third-order valence-electron chi connectivity index (χ3n) is 2.83. The minimum Gasteiger partial charge on any atom is -0.324 e. The van der Waals surface area contributed by atoms with E-state index in [2.05, 4.69) is 17.2 Å². The van der Waals surface area contributed by atoms with Crippen molar-refractivity contribution in [2.24, 2.45) is 0 Å². The molecule has 1 aliphatic rings. The first-order chi connectivity index (χ1) is 7.70. The SMILES string of the molecule is CCc1nc(NC(=O)N2CCCC2)sc1C. The number of nitrogens with one attached hydrogen (secondary N) is 1. The zero-order valence-electron chi connectivity index (χ0n) is 9.75. The highest BCUT2D eigenvalue weighted by molar-refractivity contribution is 7.15. The average Bonchev–Trinajstić information content (AvgIpc) is 2.87. The van der Waals surface area contributed by atoms with Crippen LogP contribution in [-0.4, -0.2) is 29.0 Å². The summed E-state index contributed by atoms with van der Waals surface area (Å²) < 4.78 is 0. The third-order valence-corrected chi connectivity index (χ3v) is 3.76. The Morgan fingerprint density at radius 2 is 2.19 bits per heavy atom. The summed E-state index contributed by atoms with van der Waals surface area (Å²) in [5.74, 6) is 0. The molecule has 0 spiro atoms. The Balaban J connectivity index is 1.99. The molecule has 2 heterocycles. The minimum absolute atomic E-state index is 0.00565. The van der Waals surface area contributed by atoms with E-state index in [1.54, 1.807) is 11.3 Å². The predicted octanol–water partition coefficient (Wildman–Crippen LogP) is 2.64. The lowest BCUT2D eigenvalue weighted by molar-refractivity contribution is 0.222. The fourth-order valence-electron chi connectivity index (χ4n) is 1.90. The Morgan fingerprint density at radius 3 is 2.75 bits per heavy atom. The van der Waals surface area contributed by atoms with Gasteiger partial charge in [-0.2, -0.15) is 0 Å². The van der Waals surface area contributed by atoms with Gasteiger partial charge in [-0.1, -0.05) is 6.92 Å². The number of aromatic nitrogens is 1. The average molecular weight is 239 g/mol. The first-order valence-corrected chi connectivity index (χ1v) is 6.54. The molecule has 2 amide bonds. The number of hydrogen-bond donors (Lipinski definition) is 1. The Bertz CT molecular complexity index is 383. The molecule has 1 saturated heterocycles. The molecule has 1 aliphatic heterocycles. The summed E-state index contributed by atoms with van der Waals surface area (Å²) in [5.41, 5.74) is 1.08. The second-order valence-corrected chi connectivity index (χ2v) is 5.20. The number of urea groups is 1. The van der Waals surface area contributed by atoms with E-state index in [4.69, 9.17) is 0 Å². The highest BCUT2D eigenvalue weighted by atomic mass is 32.1. The van der Waals surface area contributed by atoms with Gasteiger partial charge in [-0.3, -0.25) is 5.32 Å². The molecular formula is C11H17N3OS. The summed E-state index contributed by atoms with van der Waals surface area (Å²) in [7, 11) is 0. The molecule has 0 saturated carbocycles. The van der Waals surface area contributed by atoms with Gasteiger partial charge < -0.3 is 4.90 Å². The number of hydrogen-bond acceptors (Lipinski definition) is 3. The van der Waals surface area contributed by atoms with Gasteiger partial charge in [-0.25, -0.2) is 9.78 Å². The Kier molecular flexibility index (Phi) is 3.43. The van der Waals surface area contributed by atoms with Crippen LogP contribution in [0.2, 0.25) is 0 Å². The molecule has 1 fully saturated rings. The molecule has 1 N–H and O–H groups in total. The minimum atomic E-state index is -0.00565. The molecule has 0 bridgehead atoms. The molecule has 1 aromatic heterocycles. The lowest BCUT2D eigenvalue weighted by atomic mass is 10.3. The van der Waals surface area contributed by atoms with Crippen molar-refractivity contribution in [3.05, 3.63) is 10.6 Å². The Hall–Kier alpha value is -1.10. The normalized spacial score (nSPS) is 15.5. The molecule has 2 rings (SSSR count). The molecule has 88 valence electrons. The highest BCUT2D eigenvalue weighted by Crippen LogP contribution is 2.23. The van der Waals surface area contributed by atoms with E-state index in [1.165, 1.54) is 4.88 Å². The first kappa shape index (κ1) is 11.4. The van der Waals surface area contributed by atoms with Crippen LogP contribution in [0.4, 0.5) is 9.93 Å². The number of likely N-dealkylation sites (tertiary alicyclic amines) is 1. The van der Waals surface area contributed by atoms with Crippen LogP contribution in [-0.2, 0) is 6.42 Å². The molecule has 1 aromatic rings. The summed E-state index contributed by atoms with van der Waals surface area (Å²) in [6.07, 6.45) is 3.15. The van der Waals surface area contributed by atoms with E-state index in [0.717, 1.165) is 43.2 Å². The molecule has 0 radical (unpaired) electrons. The lowest BCUT2D eigenvalue weighted by Gasteiger charge is -2.14. The maximum absolute atomic E-state index is 11.8. The molecule has 4 nitrogen and oxygen atoms in total. The van der Waals surface area contributed by atoms with Crippen LogP contribution in [0.1, 0.15) is 30.3 Å². The van der Waals surface area contributed by atoms with E-state index in [1.807, 2.05) is 11.8 Å². The van der Waals surface area contributed by atoms with Gasteiger partial charge in [0.15, 0.2) is 5.13 Å². The van der Waals surface area contributed by atoms with E-state index in [0.29, 0.717) is 0 Å². The molecule has 0 aromatic carbocycles. The summed E-state index contributed by atoms with van der Waals surface area (Å²) in [4.78, 5) is 19.2. The zero-order chi connectivity index (χ0) is 11.5. The van der Waals surface area contributed by atoms with E-state index >= 15 is 0 Å². The molecule has 0 aliphatic carbocycles. The Morgan fingerprint density at radius 1 is 1.50 bits per heavy atom. The fourth-order valence-corrected chi connectivity index (χ4v) is 2.79. The van der Waals surface area contributed by atoms with Crippen LogP contribution in [0, 0.1) is 6.92 Å². The van der Waals surface area contributed by atoms with E-state index < -0.39 is 0 Å². The van der Waals surface area contributed by atoms with E-state index in [-0.39, 0.29) is 6.03 Å². The maximum Gasteiger partial charge on any atom is 0.323 e. The van der Waals surface area contributed by atoms with E-state index in [9.17, 15) is 4.79 Å². The monoisotopic (exact) mass is 239 g/mol. The van der Waals surface area contributed by atoms with Gasteiger partial charge >= 0.3 is 6.03 Å². The lowest BCUT2D eigenvalue weighted by Crippen LogP contribution is -2.32. The van der Waals surface area contributed by atoms with Gasteiger partial charge in [-0.15, -0.1) is 11.3 Å². The molecule has 16 heavy (non-hydrogen) atoms. The number of nitrogens with zero attached hydrogens (tertiary/aromatic N) is 2. The van der Waals surface area contributed by atoms with Crippen molar-refractivity contribution in [1.29, 1.82) is 0 Å². The van der Waals surface area contributed by atoms with Crippen LogP contribution >= 0.6 is 11.3 Å². The van der Waals surface area contributed by atoms with Crippen molar-refractivity contribution >= 4 is 22.5 Å². The summed E-state index contributed by atoms with van der Waals surface area (Å²) in [6.45, 7) is 5.86. The number of aryl methyl sites for hydroxylation is 2. The number of thiazole rings is 1. The van der Waals surface area contributed by atoms with Gasteiger partial charge in [0.1, 0.15) is 0 Å². The molecule has 5 heteroatoms. The van der Waals surface area contributed by atoms with Crippen molar-refractivity contribution in [3.63, 3.8) is 0 Å². The van der Waals surface area contributed by atoms with Gasteiger partial charge in [0.25, 0.3) is 0 Å². The largest absolute Gasteiger partial charge is 0.324 e. The van der Waals surface area contributed by atoms with Crippen molar-refractivity contribution in [3.8, 4) is 0 Å². The quantitative estimate of drug-likeness (QED) is 0.862. The van der Waals surface area contributed by atoms with Crippen LogP contribution in [0.5, 0.6) is 0 Å². The number of carbonyl (C=O) groups excluding carboxylic acids is 1. The Labute approximate surface area is 99.7 Å². The van der Waals surface area contributed by atoms with Crippen molar-refractivity contribution < 1.29 is 4.79 Å². The highest BCUT2D eigenvalue weighted by Gasteiger charge is 2.19. The topological polar surface area (TPSA) is 45.2 Å². The maximum atomic E-state index is 11.8. The number of anilines is 1. The standard InChI is InChI=1S/C11H17N3OS/c1-3-9-8(2)16-10(12-9)13-11(15)14-6-4-5-7-14/h3-7H2,1-2H3,(H,12,13,15). The molecule has 0 unspecified atom stereocenters. The summed E-state index contributed by atoms with van der Waals surface area (Å²) in [5, 5.41) is 3.60. The second kappa shape index (κ2) is 4.82.